The molecule has 0 aliphatic carbocycles. The van der Waals surface area contributed by atoms with E-state index in [2.05, 4.69) is 35.4 Å². The van der Waals surface area contributed by atoms with Crippen molar-refractivity contribution < 1.29 is 4.79 Å². The summed E-state index contributed by atoms with van der Waals surface area (Å²) in [4.78, 5) is 14.5. The summed E-state index contributed by atoms with van der Waals surface area (Å²) in [6.07, 6.45) is 3.28. The standard InChI is InChI=1S/C18H23N3O/c1-14-12-17(20(2)19-14)18(22)21-10-8-16(9-11-21)13-15-6-4-3-5-7-15/h3-7,12,16H,8-11,13H2,1-2H3. The molecule has 0 saturated carbocycles. The number of aromatic nitrogens is 2. The predicted octanol–water partition coefficient (Wildman–Crippen LogP) is 2.82. The SMILES string of the molecule is Cc1cc(C(=O)N2CCC(Cc3ccccc3)CC2)n(C)n1. The molecule has 0 N–H and O–H groups in total. The Kier molecular flexibility index (Phi) is 4.27. The predicted molar refractivity (Wildman–Crippen MR) is 86.7 cm³/mol. The van der Waals surface area contributed by atoms with Gasteiger partial charge in [0.2, 0.25) is 0 Å². The molecule has 0 spiro atoms. The van der Waals surface area contributed by atoms with Crippen LogP contribution in [-0.2, 0) is 13.5 Å². The van der Waals surface area contributed by atoms with Crippen LogP contribution < -0.4 is 0 Å². The first kappa shape index (κ1) is 14.8. The molecule has 1 saturated heterocycles. The van der Waals surface area contributed by atoms with Gasteiger partial charge in [-0.2, -0.15) is 5.10 Å². The molecule has 2 aromatic rings. The lowest BCUT2D eigenvalue weighted by atomic mass is 9.90. The Morgan fingerprint density at radius 2 is 1.91 bits per heavy atom. The second-order valence-electron chi connectivity index (χ2n) is 6.22. The van der Waals surface area contributed by atoms with Crippen molar-refractivity contribution in [3.05, 3.63) is 53.3 Å². The van der Waals surface area contributed by atoms with E-state index in [1.165, 1.54) is 5.56 Å². The average Bonchev–Trinajstić information content (AvgIpc) is 2.87. The zero-order valence-electron chi connectivity index (χ0n) is 13.3. The van der Waals surface area contributed by atoms with Gasteiger partial charge in [0.1, 0.15) is 5.69 Å². The maximum Gasteiger partial charge on any atom is 0.272 e. The summed E-state index contributed by atoms with van der Waals surface area (Å²) in [5.74, 6) is 0.793. The van der Waals surface area contributed by atoms with E-state index >= 15 is 0 Å². The highest BCUT2D eigenvalue weighted by atomic mass is 16.2. The number of nitrogens with zero attached hydrogens (tertiary/aromatic N) is 3. The van der Waals surface area contributed by atoms with Crippen LogP contribution in [0.3, 0.4) is 0 Å². The number of carbonyl (C=O) groups excluding carboxylic acids is 1. The fraction of sp³-hybridized carbons (Fsp3) is 0.444. The third-order valence-electron chi connectivity index (χ3n) is 4.49. The molecule has 116 valence electrons. The van der Waals surface area contributed by atoms with Crippen LogP contribution in [-0.4, -0.2) is 33.7 Å². The first-order chi connectivity index (χ1) is 10.6. The summed E-state index contributed by atoms with van der Waals surface area (Å²) in [6, 6.07) is 12.5. The lowest BCUT2D eigenvalue weighted by molar-refractivity contribution is 0.0679. The van der Waals surface area contributed by atoms with Crippen LogP contribution in [0, 0.1) is 12.8 Å². The molecule has 1 fully saturated rings. The van der Waals surface area contributed by atoms with Gasteiger partial charge in [-0.05, 0) is 43.7 Å². The van der Waals surface area contributed by atoms with Crippen LogP contribution in [0.15, 0.2) is 36.4 Å². The molecular weight excluding hydrogens is 274 g/mol. The molecule has 0 unspecified atom stereocenters. The van der Waals surface area contributed by atoms with Crippen LogP contribution >= 0.6 is 0 Å². The molecule has 22 heavy (non-hydrogen) atoms. The van der Waals surface area contributed by atoms with E-state index < -0.39 is 0 Å². The van der Waals surface area contributed by atoms with Crippen LogP contribution in [0.4, 0.5) is 0 Å². The molecular formula is C18H23N3O. The molecule has 3 rings (SSSR count). The molecule has 1 aliphatic rings. The molecule has 1 amide bonds. The van der Waals surface area contributed by atoms with Crippen LogP contribution in [0.2, 0.25) is 0 Å². The minimum Gasteiger partial charge on any atom is -0.337 e. The number of benzene rings is 1. The van der Waals surface area contributed by atoms with Gasteiger partial charge >= 0.3 is 0 Å². The van der Waals surface area contributed by atoms with Gasteiger partial charge in [-0.3, -0.25) is 9.48 Å². The van der Waals surface area contributed by atoms with E-state index in [4.69, 9.17) is 0 Å². The molecule has 0 atom stereocenters. The largest absolute Gasteiger partial charge is 0.337 e. The van der Waals surface area contributed by atoms with Gasteiger partial charge < -0.3 is 4.90 Å². The molecule has 1 aliphatic heterocycles. The Hall–Kier alpha value is -2.10. The number of amides is 1. The highest BCUT2D eigenvalue weighted by molar-refractivity contribution is 5.92. The second-order valence-corrected chi connectivity index (χ2v) is 6.22. The lowest BCUT2D eigenvalue weighted by Gasteiger charge is -2.32. The van der Waals surface area contributed by atoms with E-state index in [9.17, 15) is 4.79 Å². The summed E-state index contributed by atoms with van der Waals surface area (Å²) in [5, 5.41) is 4.27. The number of aryl methyl sites for hydroxylation is 2. The number of likely N-dealkylation sites (tertiary alicyclic amines) is 1. The zero-order valence-corrected chi connectivity index (χ0v) is 13.3. The topological polar surface area (TPSA) is 38.1 Å². The van der Waals surface area contributed by atoms with Crippen molar-refractivity contribution in [2.75, 3.05) is 13.1 Å². The maximum atomic E-state index is 12.6. The van der Waals surface area contributed by atoms with Gasteiger partial charge in [0.15, 0.2) is 0 Å². The molecule has 4 heteroatoms. The smallest absolute Gasteiger partial charge is 0.272 e. The van der Waals surface area contributed by atoms with Crippen LogP contribution in [0.25, 0.3) is 0 Å². The van der Waals surface area contributed by atoms with Gasteiger partial charge in [0, 0.05) is 20.1 Å². The summed E-state index contributed by atoms with van der Waals surface area (Å²) < 4.78 is 1.69. The van der Waals surface area contributed by atoms with Crippen molar-refractivity contribution >= 4 is 5.91 Å². The van der Waals surface area contributed by atoms with Gasteiger partial charge in [-0.25, -0.2) is 0 Å². The van der Waals surface area contributed by atoms with Crippen molar-refractivity contribution in [3.8, 4) is 0 Å². The molecule has 1 aromatic heterocycles. The van der Waals surface area contributed by atoms with E-state index in [-0.39, 0.29) is 5.91 Å². The number of hydrogen-bond acceptors (Lipinski definition) is 2. The molecule has 2 heterocycles. The van der Waals surface area contributed by atoms with E-state index in [0.717, 1.165) is 38.0 Å². The van der Waals surface area contributed by atoms with Gasteiger partial charge in [0.05, 0.1) is 5.69 Å². The Morgan fingerprint density at radius 1 is 1.23 bits per heavy atom. The Balaban J connectivity index is 1.57. The quantitative estimate of drug-likeness (QED) is 0.873. The van der Waals surface area contributed by atoms with Crippen molar-refractivity contribution in [2.45, 2.75) is 26.2 Å². The summed E-state index contributed by atoms with van der Waals surface area (Å²) in [6.45, 7) is 3.62. The Morgan fingerprint density at radius 3 is 2.50 bits per heavy atom. The van der Waals surface area contributed by atoms with Crippen LogP contribution in [0.5, 0.6) is 0 Å². The summed E-state index contributed by atoms with van der Waals surface area (Å²) in [7, 11) is 1.84. The average molecular weight is 297 g/mol. The van der Waals surface area contributed by atoms with Gasteiger partial charge in [-0.1, -0.05) is 30.3 Å². The van der Waals surface area contributed by atoms with Crippen molar-refractivity contribution in [1.29, 1.82) is 0 Å². The first-order valence-corrected chi connectivity index (χ1v) is 7.97. The number of hydrogen-bond donors (Lipinski definition) is 0. The normalized spacial score (nSPS) is 16.0. The molecule has 1 aromatic carbocycles. The Bertz CT molecular complexity index is 640. The Labute approximate surface area is 131 Å². The zero-order chi connectivity index (χ0) is 15.5. The monoisotopic (exact) mass is 297 g/mol. The van der Waals surface area contributed by atoms with Gasteiger partial charge in [-0.15, -0.1) is 0 Å². The highest BCUT2D eigenvalue weighted by Gasteiger charge is 2.25. The second kappa shape index (κ2) is 6.34. The minimum atomic E-state index is 0.112. The molecule has 0 bridgehead atoms. The highest BCUT2D eigenvalue weighted by Crippen LogP contribution is 2.22. The fourth-order valence-corrected chi connectivity index (χ4v) is 3.26. The first-order valence-electron chi connectivity index (χ1n) is 7.97. The fourth-order valence-electron chi connectivity index (χ4n) is 3.26. The number of carbonyl (C=O) groups is 1. The molecule has 0 radical (unpaired) electrons. The van der Waals surface area contributed by atoms with Crippen molar-refractivity contribution in [2.24, 2.45) is 13.0 Å². The lowest BCUT2D eigenvalue weighted by Crippen LogP contribution is -2.39. The summed E-state index contributed by atoms with van der Waals surface area (Å²) in [5.41, 5.74) is 2.98. The number of rotatable bonds is 3. The third kappa shape index (κ3) is 3.21. The van der Waals surface area contributed by atoms with Crippen molar-refractivity contribution in [3.63, 3.8) is 0 Å². The maximum absolute atomic E-state index is 12.6. The third-order valence-corrected chi connectivity index (χ3v) is 4.49. The van der Waals surface area contributed by atoms with E-state index in [0.29, 0.717) is 11.6 Å². The molecule has 4 nitrogen and oxygen atoms in total. The van der Waals surface area contributed by atoms with Crippen molar-refractivity contribution in [1.82, 2.24) is 14.7 Å². The van der Waals surface area contributed by atoms with E-state index in [1.807, 2.05) is 24.9 Å². The summed E-state index contributed by atoms with van der Waals surface area (Å²) >= 11 is 0. The minimum absolute atomic E-state index is 0.112. The van der Waals surface area contributed by atoms with E-state index in [1.54, 1.807) is 4.68 Å². The van der Waals surface area contributed by atoms with Gasteiger partial charge in [0.25, 0.3) is 5.91 Å². The number of piperidine rings is 1. The van der Waals surface area contributed by atoms with Crippen LogP contribution in [0.1, 0.15) is 34.6 Å².